The first kappa shape index (κ1) is 12.5. The summed E-state index contributed by atoms with van der Waals surface area (Å²) in [5, 5.41) is 9.49. The van der Waals surface area contributed by atoms with E-state index in [9.17, 15) is 5.11 Å². The molecule has 0 aliphatic carbocycles. The third kappa shape index (κ3) is 3.03. The maximum Gasteiger partial charge on any atom is 0.130 e. The third-order valence-electron chi connectivity index (χ3n) is 2.69. The molecule has 0 radical (unpaired) electrons. The quantitative estimate of drug-likeness (QED) is 0.882. The molecule has 0 saturated carbocycles. The van der Waals surface area contributed by atoms with E-state index in [4.69, 9.17) is 4.74 Å². The van der Waals surface area contributed by atoms with E-state index in [2.05, 4.69) is 16.5 Å². The summed E-state index contributed by atoms with van der Waals surface area (Å²) >= 11 is 0. The van der Waals surface area contributed by atoms with E-state index in [0.717, 1.165) is 24.2 Å². The summed E-state index contributed by atoms with van der Waals surface area (Å²) in [4.78, 5) is 4.12. The highest BCUT2D eigenvalue weighted by molar-refractivity contribution is 5.36. The Morgan fingerprint density at radius 2 is 2.17 bits per heavy atom. The van der Waals surface area contributed by atoms with E-state index in [0.29, 0.717) is 12.4 Å². The number of benzene rings is 1. The number of aryl methyl sites for hydroxylation is 2. The molecule has 0 atom stereocenters. The lowest BCUT2D eigenvalue weighted by Gasteiger charge is -2.09. The van der Waals surface area contributed by atoms with Crippen LogP contribution in [0.2, 0.25) is 0 Å². The van der Waals surface area contributed by atoms with Crippen LogP contribution in [0.25, 0.3) is 0 Å². The maximum absolute atomic E-state index is 9.49. The minimum Gasteiger partial charge on any atom is -0.508 e. The van der Waals surface area contributed by atoms with Gasteiger partial charge in [-0.1, -0.05) is 6.92 Å². The Balaban J connectivity index is 2.04. The van der Waals surface area contributed by atoms with E-state index in [1.807, 2.05) is 25.5 Å². The number of hydrogen-bond acceptors (Lipinski definition) is 3. The van der Waals surface area contributed by atoms with Crippen LogP contribution in [0.1, 0.15) is 24.6 Å². The molecule has 96 valence electrons. The minimum atomic E-state index is 0.229. The first-order valence-electron chi connectivity index (χ1n) is 6.11. The van der Waals surface area contributed by atoms with Gasteiger partial charge < -0.3 is 14.4 Å². The number of imidazole rings is 1. The van der Waals surface area contributed by atoms with Crippen molar-refractivity contribution in [2.75, 3.05) is 0 Å². The van der Waals surface area contributed by atoms with Gasteiger partial charge in [0.2, 0.25) is 0 Å². The highest BCUT2D eigenvalue weighted by atomic mass is 16.5. The van der Waals surface area contributed by atoms with E-state index >= 15 is 0 Å². The Bertz CT molecular complexity index is 500. The van der Waals surface area contributed by atoms with Crippen LogP contribution in [-0.2, 0) is 13.2 Å². The van der Waals surface area contributed by atoms with E-state index < -0.39 is 0 Å². The van der Waals surface area contributed by atoms with Gasteiger partial charge in [-0.2, -0.15) is 0 Å². The molecule has 0 unspecified atom stereocenters. The molecule has 0 saturated heterocycles. The number of nitrogens with zero attached hydrogens (tertiary/aromatic N) is 2. The fourth-order valence-electron chi connectivity index (χ4n) is 1.88. The van der Waals surface area contributed by atoms with E-state index in [1.165, 1.54) is 0 Å². The van der Waals surface area contributed by atoms with Crippen molar-refractivity contribution < 1.29 is 9.84 Å². The second kappa shape index (κ2) is 5.58. The Morgan fingerprint density at radius 1 is 1.33 bits per heavy atom. The smallest absolute Gasteiger partial charge is 0.130 e. The van der Waals surface area contributed by atoms with Crippen molar-refractivity contribution in [3.8, 4) is 11.5 Å². The standard InChI is InChI=1S/C14H18N2O2/c1-3-4-16-10-15-8-12(16)9-18-14-6-11(2)5-13(17)7-14/h5-8,10,17H,3-4,9H2,1-2H3. The van der Waals surface area contributed by atoms with Gasteiger partial charge in [0.15, 0.2) is 0 Å². The molecule has 18 heavy (non-hydrogen) atoms. The summed E-state index contributed by atoms with van der Waals surface area (Å²) in [6, 6.07) is 5.22. The molecule has 0 bridgehead atoms. The zero-order valence-electron chi connectivity index (χ0n) is 10.8. The highest BCUT2D eigenvalue weighted by Crippen LogP contribution is 2.22. The molecular formula is C14H18N2O2. The molecule has 1 aromatic heterocycles. The van der Waals surface area contributed by atoms with Crippen LogP contribution in [0.15, 0.2) is 30.7 Å². The summed E-state index contributed by atoms with van der Waals surface area (Å²) in [5.74, 6) is 0.906. The Morgan fingerprint density at radius 3 is 2.89 bits per heavy atom. The van der Waals surface area contributed by atoms with Crippen molar-refractivity contribution >= 4 is 0 Å². The van der Waals surface area contributed by atoms with Crippen LogP contribution in [0.4, 0.5) is 0 Å². The Hall–Kier alpha value is -1.97. The lowest BCUT2D eigenvalue weighted by molar-refractivity contribution is 0.293. The summed E-state index contributed by atoms with van der Waals surface area (Å²) in [7, 11) is 0. The number of phenols is 1. The molecule has 4 heteroatoms. The molecule has 4 nitrogen and oxygen atoms in total. The fraction of sp³-hybridized carbons (Fsp3) is 0.357. The zero-order valence-corrected chi connectivity index (χ0v) is 10.8. The number of aromatic nitrogens is 2. The van der Waals surface area contributed by atoms with E-state index in [-0.39, 0.29) is 5.75 Å². The number of ether oxygens (including phenoxy) is 1. The molecule has 2 aromatic rings. The van der Waals surface area contributed by atoms with Gasteiger partial charge in [-0.15, -0.1) is 0 Å². The summed E-state index contributed by atoms with van der Waals surface area (Å²) in [6.45, 7) is 5.46. The van der Waals surface area contributed by atoms with Gasteiger partial charge in [0.25, 0.3) is 0 Å². The van der Waals surface area contributed by atoms with Crippen LogP contribution in [-0.4, -0.2) is 14.7 Å². The van der Waals surface area contributed by atoms with Gasteiger partial charge in [0, 0.05) is 12.6 Å². The molecule has 0 fully saturated rings. The SMILES string of the molecule is CCCn1cncc1COc1cc(C)cc(O)c1. The predicted molar refractivity (Wildman–Crippen MR) is 69.7 cm³/mol. The van der Waals surface area contributed by atoms with Gasteiger partial charge >= 0.3 is 0 Å². The Kier molecular flexibility index (Phi) is 3.87. The molecule has 0 spiro atoms. The van der Waals surface area contributed by atoms with Crippen LogP contribution < -0.4 is 4.74 Å². The average Bonchev–Trinajstić information content (AvgIpc) is 2.73. The Labute approximate surface area is 107 Å². The van der Waals surface area contributed by atoms with Crippen LogP contribution in [0, 0.1) is 6.92 Å². The molecule has 0 aliphatic heterocycles. The predicted octanol–water partition coefficient (Wildman–Crippen LogP) is 2.89. The van der Waals surface area contributed by atoms with Gasteiger partial charge in [-0.25, -0.2) is 4.98 Å². The fourth-order valence-corrected chi connectivity index (χ4v) is 1.88. The lowest BCUT2D eigenvalue weighted by atomic mass is 10.2. The first-order valence-corrected chi connectivity index (χ1v) is 6.11. The largest absolute Gasteiger partial charge is 0.508 e. The minimum absolute atomic E-state index is 0.229. The van der Waals surface area contributed by atoms with Crippen LogP contribution in [0.3, 0.4) is 0 Å². The second-order valence-corrected chi connectivity index (χ2v) is 4.37. The molecule has 2 rings (SSSR count). The molecule has 1 heterocycles. The van der Waals surface area contributed by atoms with Crippen molar-refractivity contribution in [2.24, 2.45) is 0 Å². The van der Waals surface area contributed by atoms with Crippen LogP contribution in [0.5, 0.6) is 11.5 Å². The van der Waals surface area contributed by atoms with Crippen molar-refractivity contribution in [3.63, 3.8) is 0 Å². The highest BCUT2D eigenvalue weighted by Gasteiger charge is 2.03. The van der Waals surface area contributed by atoms with Crippen molar-refractivity contribution in [1.29, 1.82) is 0 Å². The monoisotopic (exact) mass is 246 g/mol. The van der Waals surface area contributed by atoms with Gasteiger partial charge in [0.05, 0.1) is 18.2 Å². The molecule has 1 aromatic carbocycles. The summed E-state index contributed by atoms with van der Waals surface area (Å²) < 4.78 is 7.76. The summed E-state index contributed by atoms with van der Waals surface area (Å²) in [6.07, 6.45) is 4.69. The van der Waals surface area contributed by atoms with Crippen molar-refractivity contribution in [2.45, 2.75) is 33.4 Å². The molecule has 1 N–H and O–H groups in total. The lowest BCUT2D eigenvalue weighted by Crippen LogP contribution is -2.05. The molecule has 0 amide bonds. The molecular weight excluding hydrogens is 228 g/mol. The van der Waals surface area contributed by atoms with Gasteiger partial charge in [-0.3, -0.25) is 0 Å². The number of aromatic hydroxyl groups is 1. The van der Waals surface area contributed by atoms with E-state index in [1.54, 1.807) is 12.1 Å². The van der Waals surface area contributed by atoms with Crippen molar-refractivity contribution in [1.82, 2.24) is 9.55 Å². The topological polar surface area (TPSA) is 47.3 Å². The normalized spacial score (nSPS) is 10.6. The number of phenolic OH excluding ortho intramolecular Hbond substituents is 1. The zero-order chi connectivity index (χ0) is 13.0. The van der Waals surface area contributed by atoms with Crippen LogP contribution >= 0.6 is 0 Å². The maximum atomic E-state index is 9.49. The number of rotatable bonds is 5. The van der Waals surface area contributed by atoms with Gasteiger partial charge in [0.1, 0.15) is 18.1 Å². The average molecular weight is 246 g/mol. The van der Waals surface area contributed by atoms with Gasteiger partial charge in [-0.05, 0) is 31.0 Å². The summed E-state index contributed by atoms with van der Waals surface area (Å²) in [5.41, 5.74) is 2.02. The molecule has 0 aliphatic rings. The third-order valence-corrected chi connectivity index (χ3v) is 2.69. The number of hydrogen-bond donors (Lipinski definition) is 1. The van der Waals surface area contributed by atoms with Crippen molar-refractivity contribution in [3.05, 3.63) is 42.0 Å². The second-order valence-electron chi connectivity index (χ2n) is 4.37. The first-order chi connectivity index (χ1) is 8.69.